The van der Waals surface area contributed by atoms with E-state index in [4.69, 9.17) is 4.74 Å². The number of nitrogens with one attached hydrogen (secondary N) is 1. The maximum atomic E-state index is 12.1. The van der Waals surface area contributed by atoms with Crippen LogP contribution < -0.4 is 10.1 Å². The second-order valence-electron chi connectivity index (χ2n) is 5.22. The van der Waals surface area contributed by atoms with Crippen molar-refractivity contribution in [1.82, 2.24) is 9.78 Å². The third-order valence-electron chi connectivity index (χ3n) is 3.49. The lowest BCUT2D eigenvalue weighted by Crippen LogP contribution is -2.14. The number of halogens is 1. The molecule has 0 unspecified atom stereocenters. The molecular formula is C18H16BrN3O2. The molecule has 6 heteroatoms. The average molecular weight is 386 g/mol. The summed E-state index contributed by atoms with van der Waals surface area (Å²) in [4.78, 5) is 12.1. The molecule has 5 nitrogen and oxygen atoms in total. The quantitative estimate of drug-likeness (QED) is 0.725. The Hall–Kier alpha value is -2.60. The molecule has 0 aliphatic rings. The molecule has 0 radical (unpaired) electrons. The number of methoxy groups -OCH3 is 1. The molecule has 0 atom stereocenters. The van der Waals surface area contributed by atoms with Crippen LogP contribution in [0.3, 0.4) is 0 Å². The zero-order valence-electron chi connectivity index (χ0n) is 13.1. The minimum atomic E-state index is -0.0604. The number of rotatable bonds is 5. The molecule has 1 amide bonds. The largest absolute Gasteiger partial charge is 0.497 e. The molecule has 24 heavy (non-hydrogen) atoms. The van der Waals surface area contributed by atoms with E-state index < -0.39 is 0 Å². The van der Waals surface area contributed by atoms with E-state index in [-0.39, 0.29) is 5.91 Å². The van der Waals surface area contributed by atoms with Crippen LogP contribution in [0.15, 0.2) is 65.4 Å². The maximum Gasteiger partial charge on any atom is 0.228 e. The first kappa shape index (κ1) is 16.3. The molecule has 1 N–H and O–H groups in total. The number of ether oxygens (including phenoxy) is 1. The van der Waals surface area contributed by atoms with Crippen molar-refractivity contribution in [2.24, 2.45) is 0 Å². The molecule has 0 aliphatic carbocycles. The summed E-state index contributed by atoms with van der Waals surface area (Å²) in [5.74, 6) is 0.717. The first-order chi connectivity index (χ1) is 11.6. The summed E-state index contributed by atoms with van der Waals surface area (Å²) < 4.78 is 7.78. The van der Waals surface area contributed by atoms with Gasteiger partial charge in [0.25, 0.3) is 0 Å². The van der Waals surface area contributed by atoms with Gasteiger partial charge < -0.3 is 10.1 Å². The van der Waals surface area contributed by atoms with Crippen molar-refractivity contribution in [3.05, 3.63) is 71.0 Å². The number of hydrogen-bond acceptors (Lipinski definition) is 3. The fourth-order valence-corrected chi connectivity index (χ4v) is 2.56. The van der Waals surface area contributed by atoms with Crippen LogP contribution in [0.5, 0.6) is 5.75 Å². The molecule has 3 aromatic rings. The van der Waals surface area contributed by atoms with E-state index in [1.54, 1.807) is 18.0 Å². The van der Waals surface area contributed by atoms with Crippen LogP contribution in [0.2, 0.25) is 0 Å². The molecular weight excluding hydrogens is 370 g/mol. The number of anilines is 1. The van der Waals surface area contributed by atoms with Crippen molar-refractivity contribution >= 4 is 27.5 Å². The first-order valence-electron chi connectivity index (χ1n) is 7.37. The second kappa shape index (κ2) is 7.31. The van der Waals surface area contributed by atoms with Gasteiger partial charge in [-0.25, -0.2) is 4.68 Å². The predicted molar refractivity (Wildman–Crippen MR) is 96.6 cm³/mol. The molecule has 0 bridgehead atoms. The van der Waals surface area contributed by atoms with Gasteiger partial charge in [0.1, 0.15) is 5.75 Å². The summed E-state index contributed by atoms with van der Waals surface area (Å²) >= 11 is 3.37. The lowest BCUT2D eigenvalue weighted by molar-refractivity contribution is -0.115. The Kier molecular flexibility index (Phi) is 4.96. The highest BCUT2D eigenvalue weighted by Gasteiger charge is 2.05. The lowest BCUT2D eigenvalue weighted by Gasteiger charge is -2.07. The van der Waals surface area contributed by atoms with Crippen molar-refractivity contribution in [3.8, 4) is 11.4 Å². The Morgan fingerprint density at radius 2 is 1.88 bits per heavy atom. The van der Waals surface area contributed by atoms with Crippen molar-refractivity contribution < 1.29 is 9.53 Å². The van der Waals surface area contributed by atoms with E-state index in [1.807, 2.05) is 54.7 Å². The van der Waals surface area contributed by atoms with Crippen LogP contribution in [0, 0.1) is 0 Å². The molecule has 1 aromatic heterocycles. The van der Waals surface area contributed by atoms with Crippen LogP contribution in [0.1, 0.15) is 5.56 Å². The summed E-state index contributed by atoms with van der Waals surface area (Å²) in [6.07, 6.45) is 3.92. The minimum absolute atomic E-state index is 0.0604. The summed E-state index contributed by atoms with van der Waals surface area (Å²) in [5.41, 5.74) is 2.61. The molecule has 0 aliphatic heterocycles. The average Bonchev–Trinajstić information content (AvgIpc) is 3.02. The topological polar surface area (TPSA) is 56.1 Å². The van der Waals surface area contributed by atoms with E-state index in [1.165, 1.54) is 0 Å². The number of carbonyl (C=O) groups is 1. The van der Waals surface area contributed by atoms with Crippen LogP contribution >= 0.6 is 15.9 Å². The number of carbonyl (C=O) groups excluding carboxylic acids is 1. The molecule has 0 saturated carbocycles. The Bertz CT molecular complexity index is 826. The smallest absolute Gasteiger partial charge is 0.228 e. The van der Waals surface area contributed by atoms with Gasteiger partial charge in [0, 0.05) is 11.9 Å². The van der Waals surface area contributed by atoms with Gasteiger partial charge in [0.05, 0.1) is 29.9 Å². The van der Waals surface area contributed by atoms with Crippen LogP contribution in [-0.2, 0) is 11.2 Å². The first-order valence-corrected chi connectivity index (χ1v) is 8.17. The fourth-order valence-electron chi connectivity index (χ4n) is 2.27. The monoisotopic (exact) mass is 385 g/mol. The van der Waals surface area contributed by atoms with Gasteiger partial charge in [-0.15, -0.1) is 0 Å². The highest BCUT2D eigenvalue weighted by Crippen LogP contribution is 2.16. The maximum absolute atomic E-state index is 12.1. The number of hydrogen-bond donors (Lipinski definition) is 1. The Labute approximate surface area is 148 Å². The zero-order valence-corrected chi connectivity index (χ0v) is 14.7. The van der Waals surface area contributed by atoms with Gasteiger partial charge in [0.2, 0.25) is 5.91 Å². The van der Waals surface area contributed by atoms with Crippen LogP contribution in [-0.4, -0.2) is 22.8 Å². The predicted octanol–water partition coefficient (Wildman–Crippen LogP) is 3.82. The third kappa shape index (κ3) is 4.02. The minimum Gasteiger partial charge on any atom is -0.497 e. The van der Waals surface area contributed by atoms with Crippen molar-refractivity contribution in [2.45, 2.75) is 6.42 Å². The normalized spacial score (nSPS) is 10.4. The summed E-state index contributed by atoms with van der Waals surface area (Å²) in [7, 11) is 1.62. The van der Waals surface area contributed by atoms with E-state index in [0.29, 0.717) is 6.42 Å². The summed E-state index contributed by atoms with van der Waals surface area (Å²) in [6, 6.07) is 15.0. The number of amides is 1. The van der Waals surface area contributed by atoms with Crippen molar-refractivity contribution in [2.75, 3.05) is 12.4 Å². The molecule has 3 rings (SSSR count). The number of aromatic nitrogens is 2. The van der Waals surface area contributed by atoms with Gasteiger partial charge in [-0.3, -0.25) is 4.79 Å². The second-order valence-corrected chi connectivity index (χ2v) is 6.14. The van der Waals surface area contributed by atoms with Crippen LogP contribution in [0.4, 0.5) is 5.69 Å². The van der Waals surface area contributed by atoms with E-state index in [2.05, 4.69) is 26.3 Å². The van der Waals surface area contributed by atoms with Gasteiger partial charge in [-0.05, 0) is 57.9 Å². The lowest BCUT2D eigenvalue weighted by atomic mass is 10.1. The zero-order chi connectivity index (χ0) is 16.9. The fraction of sp³-hybridized carbons (Fsp3) is 0.111. The van der Waals surface area contributed by atoms with Crippen molar-refractivity contribution in [1.29, 1.82) is 0 Å². The summed E-state index contributed by atoms with van der Waals surface area (Å²) in [5, 5.41) is 7.11. The van der Waals surface area contributed by atoms with Gasteiger partial charge in [-0.1, -0.05) is 12.1 Å². The Morgan fingerprint density at radius 1 is 1.17 bits per heavy atom. The van der Waals surface area contributed by atoms with Crippen molar-refractivity contribution in [3.63, 3.8) is 0 Å². The molecule has 0 fully saturated rings. The van der Waals surface area contributed by atoms with Gasteiger partial charge in [-0.2, -0.15) is 5.10 Å². The van der Waals surface area contributed by atoms with E-state index in [0.717, 1.165) is 27.2 Å². The third-order valence-corrected chi connectivity index (χ3v) is 3.90. The van der Waals surface area contributed by atoms with E-state index in [9.17, 15) is 4.79 Å². The number of nitrogens with zero attached hydrogens (tertiary/aromatic N) is 2. The Balaban J connectivity index is 1.61. The molecule has 122 valence electrons. The molecule has 2 aromatic carbocycles. The summed E-state index contributed by atoms with van der Waals surface area (Å²) in [6.45, 7) is 0. The standard InChI is InChI=1S/C18H16BrN3O2/c1-24-17-8-2-13(3-9-17)10-18(23)21-15-4-6-16(7-5-15)22-12-14(19)11-20-22/h2-9,11-12H,10H2,1H3,(H,21,23). The van der Waals surface area contributed by atoms with Crippen LogP contribution in [0.25, 0.3) is 5.69 Å². The van der Waals surface area contributed by atoms with Gasteiger partial charge in [0.15, 0.2) is 0 Å². The Morgan fingerprint density at radius 3 is 2.46 bits per heavy atom. The SMILES string of the molecule is COc1ccc(CC(=O)Nc2ccc(-n3cc(Br)cn3)cc2)cc1. The molecule has 0 spiro atoms. The van der Waals surface area contributed by atoms with E-state index >= 15 is 0 Å². The highest BCUT2D eigenvalue weighted by molar-refractivity contribution is 9.10. The number of benzene rings is 2. The highest BCUT2D eigenvalue weighted by atomic mass is 79.9. The molecule has 0 saturated heterocycles. The molecule has 1 heterocycles. The van der Waals surface area contributed by atoms with Gasteiger partial charge >= 0.3 is 0 Å².